The van der Waals surface area contributed by atoms with Gasteiger partial charge in [0.1, 0.15) is 5.60 Å². The minimum Gasteiger partial charge on any atom is -0.383 e. The average molecular weight is 214 g/mol. The van der Waals surface area contributed by atoms with Gasteiger partial charge < -0.3 is 9.84 Å². The maximum atomic E-state index is 13.0. The number of hydrogen-bond donors (Lipinski definition) is 1. The summed E-state index contributed by atoms with van der Waals surface area (Å²) in [6, 6.07) is 3.45. The Morgan fingerprint density at radius 2 is 2.07 bits per heavy atom. The van der Waals surface area contributed by atoms with Crippen LogP contribution in [0.3, 0.4) is 0 Å². The van der Waals surface area contributed by atoms with E-state index in [1.54, 1.807) is 0 Å². The first kappa shape index (κ1) is 10.5. The first-order valence-electron chi connectivity index (χ1n) is 4.87. The van der Waals surface area contributed by atoms with Gasteiger partial charge in [0.15, 0.2) is 11.6 Å². The highest BCUT2D eigenvalue weighted by Gasteiger charge is 2.32. The van der Waals surface area contributed by atoms with Crippen molar-refractivity contribution in [3.05, 3.63) is 35.4 Å². The summed E-state index contributed by atoms with van der Waals surface area (Å²) in [6.07, 6.45) is 1.23. The molecular weight excluding hydrogens is 202 g/mol. The van der Waals surface area contributed by atoms with E-state index in [-0.39, 0.29) is 6.61 Å². The molecule has 1 unspecified atom stereocenters. The summed E-state index contributed by atoms with van der Waals surface area (Å²) in [5.74, 6) is -1.84. The van der Waals surface area contributed by atoms with Crippen LogP contribution < -0.4 is 0 Å². The number of halogens is 2. The van der Waals surface area contributed by atoms with E-state index in [9.17, 15) is 13.9 Å². The van der Waals surface area contributed by atoms with Crippen molar-refractivity contribution in [2.45, 2.75) is 18.4 Å². The molecule has 0 radical (unpaired) electrons. The van der Waals surface area contributed by atoms with Crippen LogP contribution in [0, 0.1) is 11.6 Å². The van der Waals surface area contributed by atoms with Crippen molar-refractivity contribution in [3.63, 3.8) is 0 Å². The topological polar surface area (TPSA) is 29.5 Å². The highest BCUT2D eigenvalue weighted by atomic mass is 19.2. The summed E-state index contributed by atoms with van der Waals surface area (Å²) in [4.78, 5) is 0. The molecule has 1 aliphatic rings. The molecule has 0 amide bonds. The van der Waals surface area contributed by atoms with Gasteiger partial charge in [-0.25, -0.2) is 8.78 Å². The van der Waals surface area contributed by atoms with Gasteiger partial charge in [-0.05, 0) is 30.5 Å². The molecule has 15 heavy (non-hydrogen) atoms. The summed E-state index contributed by atoms with van der Waals surface area (Å²) in [6.45, 7) is 0.740. The molecule has 1 aliphatic heterocycles. The summed E-state index contributed by atoms with van der Waals surface area (Å²) < 4.78 is 30.8. The molecule has 1 saturated heterocycles. The Labute approximate surface area is 86.5 Å². The number of benzene rings is 1. The van der Waals surface area contributed by atoms with Crippen LogP contribution in [0.1, 0.15) is 18.4 Å². The van der Waals surface area contributed by atoms with E-state index >= 15 is 0 Å². The lowest BCUT2D eigenvalue weighted by Gasteiger charge is -2.32. The Kier molecular flexibility index (Phi) is 2.71. The van der Waals surface area contributed by atoms with Crippen molar-refractivity contribution < 1.29 is 18.6 Å². The monoisotopic (exact) mass is 214 g/mol. The molecule has 0 aromatic heterocycles. The second-order valence-corrected chi connectivity index (χ2v) is 3.82. The number of hydrogen-bond acceptors (Lipinski definition) is 2. The van der Waals surface area contributed by atoms with E-state index < -0.39 is 17.2 Å². The maximum Gasteiger partial charge on any atom is 0.159 e. The minimum absolute atomic E-state index is 0.137. The van der Waals surface area contributed by atoms with Gasteiger partial charge in [-0.15, -0.1) is 0 Å². The Bertz CT molecular complexity index is 360. The Morgan fingerprint density at radius 1 is 1.27 bits per heavy atom. The Hall–Kier alpha value is -1.00. The lowest BCUT2D eigenvalue weighted by Crippen LogP contribution is -2.35. The molecule has 1 aromatic rings. The molecule has 1 atom stereocenters. The minimum atomic E-state index is -1.17. The standard InChI is InChI=1S/C11H12F2O2/c12-9-3-2-8(6-10(9)13)11(14)4-1-5-15-7-11/h2-3,6,14H,1,4-5,7H2. The zero-order chi connectivity index (χ0) is 10.9. The fourth-order valence-electron chi connectivity index (χ4n) is 1.79. The fourth-order valence-corrected chi connectivity index (χ4v) is 1.79. The van der Waals surface area contributed by atoms with Crippen molar-refractivity contribution in [2.24, 2.45) is 0 Å². The van der Waals surface area contributed by atoms with Crippen LogP contribution in [0.4, 0.5) is 8.78 Å². The van der Waals surface area contributed by atoms with E-state index in [1.165, 1.54) is 6.07 Å². The van der Waals surface area contributed by atoms with Gasteiger partial charge in [0.2, 0.25) is 0 Å². The SMILES string of the molecule is OC1(c2ccc(F)c(F)c2)CCCOC1. The first-order chi connectivity index (χ1) is 7.12. The van der Waals surface area contributed by atoms with Crippen LogP contribution in [0.5, 0.6) is 0 Å². The Morgan fingerprint density at radius 3 is 2.67 bits per heavy atom. The number of rotatable bonds is 1. The normalized spacial score (nSPS) is 26.6. The summed E-state index contributed by atoms with van der Waals surface area (Å²) >= 11 is 0. The Balaban J connectivity index is 2.31. The summed E-state index contributed by atoms with van der Waals surface area (Å²) in [7, 11) is 0. The molecule has 2 rings (SSSR count). The first-order valence-corrected chi connectivity index (χ1v) is 4.87. The van der Waals surface area contributed by atoms with Gasteiger partial charge in [0, 0.05) is 6.61 Å². The van der Waals surface area contributed by atoms with E-state index in [2.05, 4.69) is 0 Å². The number of aliphatic hydroxyl groups is 1. The third-order valence-electron chi connectivity index (χ3n) is 2.68. The zero-order valence-electron chi connectivity index (χ0n) is 8.17. The van der Waals surface area contributed by atoms with Gasteiger partial charge in [0.05, 0.1) is 6.61 Å². The van der Waals surface area contributed by atoms with Crippen molar-refractivity contribution in [3.8, 4) is 0 Å². The molecule has 0 spiro atoms. The molecule has 1 N–H and O–H groups in total. The molecule has 1 heterocycles. The smallest absolute Gasteiger partial charge is 0.159 e. The highest BCUT2D eigenvalue weighted by Crippen LogP contribution is 2.30. The second-order valence-electron chi connectivity index (χ2n) is 3.82. The average Bonchev–Trinajstić information content (AvgIpc) is 2.23. The van der Waals surface area contributed by atoms with Crippen LogP contribution in [-0.2, 0) is 10.3 Å². The van der Waals surface area contributed by atoms with Gasteiger partial charge >= 0.3 is 0 Å². The lowest BCUT2D eigenvalue weighted by atomic mass is 9.88. The predicted octanol–water partition coefficient (Wildman–Crippen LogP) is 1.96. The lowest BCUT2D eigenvalue weighted by molar-refractivity contribution is -0.0904. The molecule has 0 aliphatic carbocycles. The maximum absolute atomic E-state index is 13.0. The predicted molar refractivity (Wildman–Crippen MR) is 50.3 cm³/mol. The van der Waals surface area contributed by atoms with E-state index in [0.717, 1.165) is 18.6 Å². The fraction of sp³-hybridized carbons (Fsp3) is 0.455. The third kappa shape index (κ3) is 2.01. The quantitative estimate of drug-likeness (QED) is 0.774. The summed E-state index contributed by atoms with van der Waals surface area (Å²) in [5.41, 5.74) is -0.798. The molecule has 1 fully saturated rings. The van der Waals surface area contributed by atoms with Crippen LogP contribution in [-0.4, -0.2) is 18.3 Å². The molecule has 4 heteroatoms. The van der Waals surface area contributed by atoms with Crippen LogP contribution in [0.15, 0.2) is 18.2 Å². The van der Waals surface area contributed by atoms with Gasteiger partial charge in [-0.3, -0.25) is 0 Å². The van der Waals surface area contributed by atoms with Crippen LogP contribution in [0.2, 0.25) is 0 Å². The molecule has 0 saturated carbocycles. The molecule has 0 bridgehead atoms. The van der Waals surface area contributed by atoms with Crippen molar-refractivity contribution in [1.82, 2.24) is 0 Å². The van der Waals surface area contributed by atoms with Crippen molar-refractivity contribution in [2.75, 3.05) is 13.2 Å². The molecule has 2 nitrogen and oxygen atoms in total. The van der Waals surface area contributed by atoms with E-state index in [0.29, 0.717) is 18.6 Å². The second kappa shape index (κ2) is 3.87. The highest BCUT2D eigenvalue weighted by molar-refractivity contribution is 5.24. The van der Waals surface area contributed by atoms with Gasteiger partial charge in [-0.1, -0.05) is 6.07 Å². The van der Waals surface area contributed by atoms with Crippen molar-refractivity contribution >= 4 is 0 Å². The van der Waals surface area contributed by atoms with Crippen LogP contribution in [0.25, 0.3) is 0 Å². The van der Waals surface area contributed by atoms with Gasteiger partial charge in [0.25, 0.3) is 0 Å². The van der Waals surface area contributed by atoms with Crippen molar-refractivity contribution in [1.29, 1.82) is 0 Å². The molecule has 82 valence electrons. The molecule has 1 aromatic carbocycles. The number of ether oxygens (including phenoxy) is 1. The van der Waals surface area contributed by atoms with Gasteiger partial charge in [-0.2, -0.15) is 0 Å². The third-order valence-corrected chi connectivity index (χ3v) is 2.68. The van der Waals surface area contributed by atoms with Crippen LogP contribution >= 0.6 is 0 Å². The van der Waals surface area contributed by atoms with E-state index in [4.69, 9.17) is 4.74 Å². The van der Waals surface area contributed by atoms with E-state index in [1.807, 2.05) is 0 Å². The summed E-state index contributed by atoms with van der Waals surface area (Å²) in [5, 5.41) is 10.1. The molecular formula is C11H12F2O2. The largest absolute Gasteiger partial charge is 0.383 e. The zero-order valence-corrected chi connectivity index (χ0v) is 8.17.